The SMILES string of the molecule is Cc1cc(-n2cnc(Nc3cc(C=O)cc4ccoc34)c2)cc(C)c1O. The molecule has 0 saturated heterocycles. The Morgan fingerprint density at radius 2 is 1.96 bits per heavy atom. The number of nitrogens with one attached hydrogen (secondary N) is 1. The van der Waals surface area contributed by atoms with Gasteiger partial charge in [0.15, 0.2) is 5.58 Å². The minimum Gasteiger partial charge on any atom is -0.507 e. The molecule has 0 bridgehead atoms. The number of aldehydes is 1. The molecule has 0 atom stereocenters. The fraction of sp³-hybridized carbons (Fsp3) is 0.100. The van der Waals surface area contributed by atoms with Crippen LogP contribution in [0.15, 0.2) is 53.5 Å². The standard InChI is InChI=1S/C20H17N3O3/c1-12-5-16(6-13(2)19(12)25)23-9-18(21-11-23)22-17-8-14(10-24)7-15-3-4-26-20(15)17/h3-11,22,25H,1-2H3. The molecule has 0 spiro atoms. The van der Waals surface area contributed by atoms with Crippen molar-refractivity contribution in [3.05, 3.63) is 65.8 Å². The Labute approximate surface area is 149 Å². The normalized spacial score (nSPS) is 11.0. The number of hydrogen-bond donors (Lipinski definition) is 2. The first-order valence-corrected chi connectivity index (χ1v) is 8.13. The van der Waals surface area contributed by atoms with Gasteiger partial charge in [-0.1, -0.05) is 0 Å². The first kappa shape index (κ1) is 16.0. The van der Waals surface area contributed by atoms with Crippen LogP contribution in [0.1, 0.15) is 21.5 Å². The van der Waals surface area contributed by atoms with Gasteiger partial charge in [0.2, 0.25) is 0 Å². The Balaban J connectivity index is 1.70. The van der Waals surface area contributed by atoms with Crippen molar-refractivity contribution >= 4 is 28.8 Å². The van der Waals surface area contributed by atoms with Crippen LogP contribution in [-0.2, 0) is 0 Å². The van der Waals surface area contributed by atoms with E-state index in [1.807, 2.05) is 42.8 Å². The van der Waals surface area contributed by atoms with Crippen LogP contribution in [0.5, 0.6) is 5.75 Å². The molecule has 26 heavy (non-hydrogen) atoms. The summed E-state index contributed by atoms with van der Waals surface area (Å²) in [6, 6.07) is 9.11. The minimum atomic E-state index is 0.304. The largest absolute Gasteiger partial charge is 0.507 e. The van der Waals surface area contributed by atoms with E-state index in [4.69, 9.17) is 4.42 Å². The molecule has 4 aromatic rings. The lowest BCUT2D eigenvalue weighted by Gasteiger charge is -2.08. The number of aromatic hydroxyl groups is 1. The van der Waals surface area contributed by atoms with Crippen LogP contribution >= 0.6 is 0 Å². The molecule has 6 heteroatoms. The summed E-state index contributed by atoms with van der Waals surface area (Å²) in [5, 5.41) is 14.0. The van der Waals surface area contributed by atoms with Crippen molar-refractivity contribution in [2.75, 3.05) is 5.32 Å². The van der Waals surface area contributed by atoms with Crippen LogP contribution in [0.2, 0.25) is 0 Å². The lowest BCUT2D eigenvalue weighted by Crippen LogP contribution is -1.94. The highest BCUT2D eigenvalue weighted by atomic mass is 16.3. The zero-order chi connectivity index (χ0) is 18.3. The number of fused-ring (bicyclic) bond motifs is 1. The summed E-state index contributed by atoms with van der Waals surface area (Å²) < 4.78 is 7.38. The smallest absolute Gasteiger partial charge is 0.157 e. The number of aryl methyl sites for hydroxylation is 2. The van der Waals surface area contributed by atoms with E-state index in [-0.39, 0.29) is 0 Å². The van der Waals surface area contributed by atoms with Crippen molar-refractivity contribution in [1.29, 1.82) is 0 Å². The zero-order valence-electron chi connectivity index (χ0n) is 14.4. The Morgan fingerprint density at radius 1 is 1.19 bits per heavy atom. The van der Waals surface area contributed by atoms with Gasteiger partial charge in [-0.2, -0.15) is 0 Å². The Kier molecular flexibility index (Phi) is 3.73. The van der Waals surface area contributed by atoms with Gasteiger partial charge >= 0.3 is 0 Å². The summed E-state index contributed by atoms with van der Waals surface area (Å²) in [4.78, 5) is 15.5. The maximum atomic E-state index is 11.2. The van der Waals surface area contributed by atoms with Gasteiger partial charge in [0.05, 0.1) is 18.1 Å². The summed E-state index contributed by atoms with van der Waals surface area (Å²) >= 11 is 0. The average Bonchev–Trinajstić information content (AvgIpc) is 3.28. The van der Waals surface area contributed by atoms with Crippen molar-refractivity contribution in [3.63, 3.8) is 0 Å². The van der Waals surface area contributed by atoms with E-state index >= 15 is 0 Å². The summed E-state index contributed by atoms with van der Waals surface area (Å²) in [5.41, 5.74) is 4.42. The number of furan rings is 1. The molecule has 2 aromatic carbocycles. The summed E-state index contributed by atoms with van der Waals surface area (Å²) in [7, 11) is 0. The molecule has 0 saturated carbocycles. The van der Waals surface area contributed by atoms with Crippen molar-refractivity contribution < 1.29 is 14.3 Å². The van der Waals surface area contributed by atoms with Gasteiger partial charge in [-0.15, -0.1) is 0 Å². The first-order valence-electron chi connectivity index (χ1n) is 8.13. The van der Waals surface area contributed by atoms with Crippen LogP contribution < -0.4 is 5.32 Å². The highest BCUT2D eigenvalue weighted by Crippen LogP contribution is 2.29. The van der Waals surface area contributed by atoms with Gasteiger partial charge in [-0.25, -0.2) is 4.98 Å². The van der Waals surface area contributed by atoms with E-state index < -0.39 is 0 Å². The number of aromatic nitrogens is 2. The van der Waals surface area contributed by atoms with E-state index in [1.54, 1.807) is 24.7 Å². The quantitative estimate of drug-likeness (QED) is 0.531. The third kappa shape index (κ3) is 2.71. The maximum absolute atomic E-state index is 11.2. The number of rotatable bonds is 4. The number of phenols is 1. The number of imidazole rings is 1. The predicted octanol–water partition coefficient (Wildman–Crippen LogP) is 4.50. The van der Waals surface area contributed by atoms with E-state index in [0.717, 1.165) is 28.5 Å². The molecule has 0 radical (unpaired) electrons. The fourth-order valence-corrected chi connectivity index (χ4v) is 3.01. The second-order valence-electron chi connectivity index (χ2n) is 6.24. The number of anilines is 2. The first-order chi connectivity index (χ1) is 12.5. The van der Waals surface area contributed by atoms with Gasteiger partial charge < -0.3 is 19.4 Å². The molecule has 0 amide bonds. The Morgan fingerprint density at radius 3 is 2.69 bits per heavy atom. The third-order valence-electron chi connectivity index (χ3n) is 4.33. The highest BCUT2D eigenvalue weighted by molar-refractivity contribution is 5.95. The van der Waals surface area contributed by atoms with Crippen molar-refractivity contribution in [2.24, 2.45) is 0 Å². The lowest BCUT2D eigenvalue weighted by atomic mass is 10.1. The number of carbonyl (C=O) groups is 1. The van der Waals surface area contributed by atoms with Crippen molar-refractivity contribution in [1.82, 2.24) is 9.55 Å². The van der Waals surface area contributed by atoms with Crippen LogP contribution in [0.4, 0.5) is 11.5 Å². The maximum Gasteiger partial charge on any atom is 0.157 e. The highest BCUT2D eigenvalue weighted by Gasteiger charge is 2.10. The van der Waals surface area contributed by atoms with Crippen LogP contribution in [0, 0.1) is 13.8 Å². The Hall–Kier alpha value is -3.54. The third-order valence-corrected chi connectivity index (χ3v) is 4.33. The molecular formula is C20H17N3O3. The minimum absolute atomic E-state index is 0.304. The van der Waals surface area contributed by atoms with Crippen molar-refractivity contribution in [3.8, 4) is 11.4 Å². The zero-order valence-corrected chi connectivity index (χ0v) is 14.4. The molecule has 0 aliphatic heterocycles. The van der Waals surface area contributed by atoms with Gasteiger partial charge in [0.25, 0.3) is 0 Å². The number of phenolic OH excluding ortho intramolecular Hbond substituents is 1. The van der Waals surface area contributed by atoms with E-state index in [2.05, 4.69) is 10.3 Å². The van der Waals surface area contributed by atoms with E-state index in [9.17, 15) is 9.90 Å². The molecule has 130 valence electrons. The number of carbonyl (C=O) groups excluding carboxylic acids is 1. The molecule has 2 heterocycles. The van der Waals surface area contributed by atoms with Crippen LogP contribution in [0.25, 0.3) is 16.7 Å². The van der Waals surface area contributed by atoms with Gasteiger partial charge in [0, 0.05) is 16.6 Å². The second-order valence-corrected chi connectivity index (χ2v) is 6.24. The van der Waals surface area contributed by atoms with E-state index in [1.165, 1.54) is 0 Å². The van der Waals surface area contributed by atoms with Crippen LogP contribution in [0.3, 0.4) is 0 Å². The topological polar surface area (TPSA) is 80.3 Å². The molecular weight excluding hydrogens is 330 g/mol. The van der Waals surface area contributed by atoms with Gasteiger partial charge in [-0.05, 0) is 55.3 Å². The van der Waals surface area contributed by atoms with Gasteiger partial charge in [0.1, 0.15) is 24.2 Å². The van der Waals surface area contributed by atoms with E-state index in [0.29, 0.717) is 28.4 Å². The molecule has 4 rings (SSSR count). The number of nitrogens with zero attached hydrogens (tertiary/aromatic N) is 2. The molecule has 2 N–H and O–H groups in total. The molecule has 6 nitrogen and oxygen atoms in total. The number of benzene rings is 2. The lowest BCUT2D eigenvalue weighted by molar-refractivity contribution is 0.112. The molecule has 0 fully saturated rings. The Bertz CT molecular complexity index is 1100. The monoisotopic (exact) mass is 347 g/mol. The second kappa shape index (κ2) is 6.07. The predicted molar refractivity (Wildman–Crippen MR) is 99.6 cm³/mol. The molecule has 0 aliphatic carbocycles. The summed E-state index contributed by atoms with van der Waals surface area (Å²) in [5.74, 6) is 0.923. The summed E-state index contributed by atoms with van der Waals surface area (Å²) in [6.45, 7) is 3.72. The molecule has 0 unspecified atom stereocenters. The number of hydrogen-bond acceptors (Lipinski definition) is 5. The molecule has 2 aromatic heterocycles. The fourth-order valence-electron chi connectivity index (χ4n) is 3.01. The summed E-state index contributed by atoms with van der Waals surface area (Å²) in [6.07, 6.45) is 5.92. The van der Waals surface area contributed by atoms with Gasteiger partial charge in [-0.3, -0.25) is 4.79 Å². The van der Waals surface area contributed by atoms with Crippen molar-refractivity contribution in [2.45, 2.75) is 13.8 Å². The van der Waals surface area contributed by atoms with Crippen LogP contribution in [-0.4, -0.2) is 20.9 Å². The average molecular weight is 347 g/mol. The molecule has 0 aliphatic rings.